The quantitative estimate of drug-likeness (QED) is 0.308. The smallest absolute Gasteiger partial charge is 0.295 e. The fourth-order valence-electron chi connectivity index (χ4n) is 5.16. The summed E-state index contributed by atoms with van der Waals surface area (Å²) in [5.74, 6) is -0.837. The molecular formula is C27H29BrN2O7. The van der Waals surface area contributed by atoms with Crippen molar-refractivity contribution >= 4 is 33.4 Å². The number of morpholine rings is 1. The number of methoxy groups -OCH3 is 1. The lowest BCUT2D eigenvalue weighted by molar-refractivity contribution is -0.140. The fraction of sp³-hybridized carbons (Fsp3) is 0.407. The number of likely N-dealkylation sites (tertiary alicyclic amines) is 1. The number of hydrogen-bond donors (Lipinski definition) is 2. The molecule has 0 radical (unpaired) electrons. The largest absolute Gasteiger partial charge is 0.507 e. The van der Waals surface area contributed by atoms with Crippen LogP contribution in [0.15, 0.2) is 40.4 Å². The van der Waals surface area contributed by atoms with Crippen LogP contribution in [0.5, 0.6) is 17.2 Å². The minimum Gasteiger partial charge on any atom is -0.507 e. The molecule has 2 atom stereocenters. The summed E-state index contributed by atoms with van der Waals surface area (Å²) in [5.41, 5.74) is 1.90. The minimum absolute atomic E-state index is 0.00136. The van der Waals surface area contributed by atoms with E-state index in [0.29, 0.717) is 41.8 Å². The van der Waals surface area contributed by atoms with Crippen LogP contribution in [-0.2, 0) is 20.7 Å². The highest BCUT2D eigenvalue weighted by Gasteiger charge is 2.46. The molecule has 3 aliphatic rings. The van der Waals surface area contributed by atoms with Gasteiger partial charge in [0.15, 0.2) is 11.5 Å². The molecule has 0 unspecified atom stereocenters. The Morgan fingerprint density at radius 3 is 2.65 bits per heavy atom. The van der Waals surface area contributed by atoms with E-state index in [9.17, 15) is 19.8 Å². The van der Waals surface area contributed by atoms with Gasteiger partial charge in [0.25, 0.3) is 11.7 Å². The van der Waals surface area contributed by atoms with Crippen molar-refractivity contribution in [3.8, 4) is 17.2 Å². The third kappa shape index (κ3) is 4.81. The van der Waals surface area contributed by atoms with Crippen molar-refractivity contribution in [2.45, 2.75) is 25.5 Å². The van der Waals surface area contributed by atoms with Gasteiger partial charge >= 0.3 is 0 Å². The number of ketones is 1. The molecular weight excluding hydrogens is 544 g/mol. The van der Waals surface area contributed by atoms with Crippen molar-refractivity contribution in [1.29, 1.82) is 0 Å². The Bertz CT molecular complexity index is 1270. The Kier molecular flexibility index (Phi) is 7.15. The number of Topliss-reactive ketones (excluding diaryl/α,β-unsaturated/α-hetero) is 1. The van der Waals surface area contributed by atoms with Crippen LogP contribution >= 0.6 is 15.9 Å². The monoisotopic (exact) mass is 572 g/mol. The molecule has 0 spiro atoms. The summed E-state index contributed by atoms with van der Waals surface area (Å²) in [7, 11) is 1.42. The molecule has 0 aromatic heterocycles. The third-order valence-corrected chi connectivity index (χ3v) is 7.66. The number of nitrogens with zero attached hydrogens (tertiary/aromatic N) is 2. The molecule has 1 amide bonds. The number of phenolic OH excluding ortho intramolecular Hbond substituents is 1. The number of amides is 1. The second kappa shape index (κ2) is 10.4. The molecule has 0 bridgehead atoms. The van der Waals surface area contributed by atoms with Gasteiger partial charge in [-0.3, -0.25) is 14.5 Å². The van der Waals surface area contributed by atoms with Crippen molar-refractivity contribution in [2.24, 2.45) is 0 Å². The van der Waals surface area contributed by atoms with Gasteiger partial charge in [-0.25, -0.2) is 0 Å². The molecule has 2 aromatic rings. The molecule has 196 valence electrons. The molecule has 10 heteroatoms. The molecule has 9 nitrogen and oxygen atoms in total. The molecule has 0 aliphatic carbocycles. The number of ether oxygens (including phenoxy) is 3. The van der Waals surface area contributed by atoms with Crippen LogP contribution in [0, 0.1) is 0 Å². The summed E-state index contributed by atoms with van der Waals surface area (Å²) in [5, 5.41) is 21.8. The van der Waals surface area contributed by atoms with E-state index >= 15 is 0 Å². The van der Waals surface area contributed by atoms with Gasteiger partial charge in [0.2, 0.25) is 0 Å². The number of aromatic hydroxyl groups is 1. The summed E-state index contributed by atoms with van der Waals surface area (Å²) >= 11 is 3.34. The van der Waals surface area contributed by atoms with Crippen LogP contribution in [0.4, 0.5) is 0 Å². The second-order valence-electron chi connectivity index (χ2n) is 9.46. The number of rotatable bonds is 6. The highest BCUT2D eigenvalue weighted by atomic mass is 79.9. The SMILES string of the molecule is COc1cc([C@@H]2/C(=C(\O)c3ccc4c(c3)C[C@@H](C)O4)C(=O)C(=O)N2CCN2CCOCC2)cc(Br)c1O. The van der Waals surface area contributed by atoms with Gasteiger partial charge in [-0.05, 0) is 64.3 Å². The highest BCUT2D eigenvalue weighted by molar-refractivity contribution is 9.10. The zero-order valence-electron chi connectivity index (χ0n) is 20.7. The van der Waals surface area contributed by atoms with E-state index in [1.54, 1.807) is 30.3 Å². The molecule has 2 N–H and O–H groups in total. The molecule has 37 heavy (non-hydrogen) atoms. The van der Waals surface area contributed by atoms with E-state index in [0.717, 1.165) is 24.4 Å². The minimum atomic E-state index is -0.865. The first-order chi connectivity index (χ1) is 17.8. The zero-order chi connectivity index (χ0) is 26.3. The lowest BCUT2D eigenvalue weighted by Gasteiger charge is -2.31. The second-order valence-corrected chi connectivity index (χ2v) is 10.3. The van der Waals surface area contributed by atoms with E-state index in [2.05, 4.69) is 20.8 Å². The standard InChI is InChI=1S/C27H29BrN2O7/c1-15-11-17-12-16(3-4-20(17)37-15)24(31)22-23(18-13-19(28)25(32)21(14-18)35-2)30(27(34)26(22)33)6-5-29-7-9-36-10-8-29/h3-4,12-15,23,31-32H,5-11H2,1-2H3/b24-22+/t15-,23-/m1/s1. The Balaban J connectivity index is 1.59. The van der Waals surface area contributed by atoms with E-state index < -0.39 is 17.7 Å². The van der Waals surface area contributed by atoms with Gasteiger partial charge in [-0.15, -0.1) is 0 Å². The van der Waals surface area contributed by atoms with Gasteiger partial charge in [0.1, 0.15) is 17.6 Å². The maximum absolute atomic E-state index is 13.4. The first-order valence-corrected chi connectivity index (χ1v) is 13.0. The summed E-state index contributed by atoms with van der Waals surface area (Å²) < 4.78 is 16.9. The lowest BCUT2D eigenvalue weighted by Crippen LogP contribution is -2.42. The maximum atomic E-state index is 13.4. The van der Waals surface area contributed by atoms with Crippen molar-refractivity contribution in [3.05, 3.63) is 57.1 Å². The van der Waals surface area contributed by atoms with Crippen LogP contribution in [0.1, 0.15) is 29.7 Å². The van der Waals surface area contributed by atoms with Crippen LogP contribution in [0.25, 0.3) is 5.76 Å². The molecule has 0 saturated carbocycles. The van der Waals surface area contributed by atoms with Crippen molar-refractivity contribution in [1.82, 2.24) is 9.80 Å². The summed E-state index contributed by atoms with van der Waals surface area (Å²) in [6, 6.07) is 7.64. The number of aliphatic hydroxyl groups excluding tert-OH is 1. The van der Waals surface area contributed by atoms with Gasteiger partial charge in [0, 0.05) is 38.2 Å². The first kappa shape index (κ1) is 25.6. The van der Waals surface area contributed by atoms with Gasteiger partial charge in [-0.1, -0.05) is 0 Å². The number of carbonyl (C=O) groups is 2. The van der Waals surface area contributed by atoms with Crippen LogP contribution in [0.2, 0.25) is 0 Å². The van der Waals surface area contributed by atoms with Crippen molar-refractivity contribution in [2.75, 3.05) is 46.5 Å². The summed E-state index contributed by atoms with van der Waals surface area (Å²) in [6.45, 7) is 5.51. The zero-order valence-corrected chi connectivity index (χ0v) is 22.3. The number of hydrogen-bond acceptors (Lipinski definition) is 8. The lowest BCUT2D eigenvalue weighted by atomic mass is 9.94. The molecule has 2 aromatic carbocycles. The van der Waals surface area contributed by atoms with Crippen molar-refractivity contribution in [3.63, 3.8) is 0 Å². The Morgan fingerprint density at radius 2 is 1.92 bits per heavy atom. The normalized spacial score (nSPS) is 23.3. The van der Waals surface area contributed by atoms with Crippen LogP contribution in [0.3, 0.4) is 0 Å². The van der Waals surface area contributed by atoms with E-state index in [1.807, 2.05) is 6.92 Å². The topological polar surface area (TPSA) is 109 Å². The fourth-order valence-corrected chi connectivity index (χ4v) is 5.62. The maximum Gasteiger partial charge on any atom is 0.295 e. The number of phenols is 1. The van der Waals surface area contributed by atoms with Crippen LogP contribution in [-0.4, -0.2) is 84.3 Å². The average Bonchev–Trinajstić information content (AvgIpc) is 3.39. The Labute approximate surface area is 223 Å². The van der Waals surface area contributed by atoms with Gasteiger partial charge < -0.3 is 29.3 Å². The summed E-state index contributed by atoms with van der Waals surface area (Å²) in [4.78, 5) is 30.4. The Hall–Kier alpha value is -3.08. The van der Waals surface area contributed by atoms with Gasteiger partial charge in [0.05, 0.1) is 36.4 Å². The Morgan fingerprint density at radius 1 is 1.16 bits per heavy atom. The number of halogens is 1. The van der Waals surface area contributed by atoms with Crippen LogP contribution < -0.4 is 9.47 Å². The van der Waals surface area contributed by atoms with Crippen molar-refractivity contribution < 1.29 is 34.0 Å². The average molecular weight is 573 g/mol. The summed E-state index contributed by atoms with van der Waals surface area (Å²) in [6.07, 6.45) is 0.718. The number of carbonyl (C=O) groups excluding carboxylic acids is 2. The molecule has 5 rings (SSSR count). The predicted molar refractivity (Wildman–Crippen MR) is 139 cm³/mol. The van der Waals surface area contributed by atoms with E-state index in [-0.39, 0.29) is 35.5 Å². The predicted octanol–water partition coefficient (Wildman–Crippen LogP) is 3.24. The molecule has 3 aliphatic heterocycles. The van der Waals surface area contributed by atoms with Gasteiger partial charge in [-0.2, -0.15) is 0 Å². The van der Waals surface area contributed by atoms with E-state index in [4.69, 9.17) is 14.2 Å². The molecule has 3 heterocycles. The number of fused-ring (bicyclic) bond motifs is 1. The molecule has 2 saturated heterocycles. The molecule has 2 fully saturated rings. The third-order valence-electron chi connectivity index (χ3n) is 7.06. The highest BCUT2D eigenvalue weighted by Crippen LogP contribution is 2.44. The number of benzene rings is 2. The number of aliphatic hydroxyl groups is 1. The first-order valence-electron chi connectivity index (χ1n) is 12.2. The van der Waals surface area contributed by atoms with E-state index in [1.165, 1.54) is 12.0 Å².